The molecule has 0 unspecified atom stereocenters. The van der Waals surface area contributed by atoms with Crippen LogP contribution in [0.2, 0.25) is 0 Å². The topological polar surface area (TPSA) is 89.2 Å². The number of benzene rings is 1. The van der Waals surface area contributed by atoms with E-state index in [4.69, 9.17) is 5.26 Å². The number of hydrogen-bond acceptors (Lipinski definition) is 4. The van der Waals surface area contributed by atoms with E-state index >= 15 is 0 Å². The van der Waals surface area contributed by atoms with Crippen LogP contribution in [0.15, 0.2) is 32.5 Å². The quantitative estimate of drug-likeness (QED) is 0.819. The van der Waals surface area contributed by atoms with Crippen molar-refractivity contribution in [1.29, 1.82) is 5.26 Å². The minimum absolute atomic E-state index is 0.0266. The molecule has 0 amide bonds. The normalized spacial score (nSPS) is 10.8. The lowest BCUT2D eigenvalue weighted by Crippen LogP contribution is -2.14. The van der Waals surface area contributed by atoms with Gasteiger partial charge in [0.25, 0.3) is 5.56 Å². The zero-order chi connectivity index (χ0) is 15.6. The van der Waals surface area contributed by atoms with Crippen molar-refractivity contribution < 1.29 is 5.11 Å². The highest BCUT2D eigenvalue weighted by molar-refractivity contribution is 9.10. The monoisotopic (exact) mass is 345 g/mol. The van der Waals surface area contributed by atoms with Crippen LogP contribution >= 0.6 is 15.9 Å². The zero-order valence-corrected chi connectivity index (χ0v) is 13.0. The molecule has 106 valence electrons. The molecule has 1 aromatic carbocycles. The number of aromatic amines is 1. The Morgan fingerprint density at radius 2 is 2.14 bits per heavy atom. The first-order chi connectivity index (χ1) is 9.93. The van der Waals surface area contributed by atoms with Gasteiger partial charge in [-0.25, -0.2) is 0 Å². The molecule has 0 spiro atoms. The van der Waals surface area contributed by atoms with Gasteiger partial charge in [0.1, 0.15) is 11.6 Å². The molecule has 0 aliphatic heterocycles. The van der Waals surface area contributed by atoms with Gasteiger partial charge in [0.05, 0.1) is 11.3 Å². The molecule has 0 atom stereocenters. The average Bonchev–Trinajstić information content (AvgIpc) is 2.42. The standard InChI is InChI=1S/C15H12BrN3O2/c1-8-5-10(3-4-13(8)16)18-7-12-9(2)11(6-17)14(20)19-15(12)21/h3-5,7H,1-2H3,(H2,19,20,21). The third kappa shape index (κ3) is 3.03. The van der Waals surface area contributed by atoms with Crippen LogP contribution in [-0.4, -0.2) is 16.3 Å². The minimum Gasteiger partial charge on any atom is -0.494 e. The second kappa shape index (κ2) is 5.94. The largest absolute Gasteiger partial charge is 0.494 e. The molecule has 0 fully saturated rings. The summed E-state index contributed by atoms with van der Waals surface area (Å²) >= 11 is 3.41. The van der Waals surface area contributed by atoms with Crippen LogP contribution < -0.4 is 5.56 Å². The molecular formula is C15H12BrN3O2. The van der Waals surface area contributed by atoms with Crippen molar-refractivity contribution in [2.24, 2.45) is 4.99 Å². The highest BCUT2D eigenvalue weighted by Gasteiger charge is 2.12. The van der Waals surface area contributed by atoms with E-state index in [0.717, 1.165) is 10.0 Å². The summed E-state index contributed by atoms with van der Waals surface area (Å²) in [5.74, 6) is -0.297. The first kappa shape index (κ1) is 15.0. The van der Waals surface area contributed by atoms with E-state index in [2.05, 4.69) is 25.9 Å². The number of halogens is 1. The van der Waals surface area contributed by atoms with Crippen molar-refractivity contribution in [2.45, 2.75) is 13.8 Å². The van der Waals surface area contributed by atoms with Gasteiger partial charge in [0.2, 0.25) is 5.88 Å². The van der Waals surface area contributed by atoms with Crippen LogP contribution in [0.1, 0.15) is 22.3 Å². The van der Waals surface area contributed by atoms with Crippen LogP contribution in [0.4, 0.5) is 5.69 Å². The van der Waals surface area contributed by atoms with E-state index in [9.17, 15) is 9.90 Å². The SMILES string of the molecule is Cc1cc(N=Cc2c(O)[nH]c(=O)c(C#N)c2C)ccc1Br. The molecular weight excluding hydrogens is 334 g/mol. The van der Waals surface area contributed by atoms with Crippen molar-refractivity contribution in [3.8, 4) is 11.9 Å². The van der Waals surface area contributed by atoms with Crippen molar-refractivity contribution in [3.63, 3.8) is 0 Å². The number of nitriles is 1. The van der Waals surface area contributed by atoms with Gasteiger partial charge in [-0.3, -0.25) is 14.8 Å². The molecule has 5 nitrogen and oxygen atoms in total. The van der Waals surface area contributed by atoms with Crippen LogP contribution in [0, 0.1) is 25.2 Å². The summed E-state index contributed by atoms with van der Waals surface area (Å²) in [6.45, 7) is 3.54. The molecule has 2 N–H and O–H groups in total. The summed E-state index contributed by atoms with van der Waals surface area (Å²) < 4.78 is 0.983. The number of pyridine rings is 1. The molecule has 1 heterocycles. The number of aliphatic imine (C=N–C) groups is 1. The smallest absolute Gasteiger partial charge is 0.268 e. The highest BCUT2D eigenvalue weighted by Crippen LogP contribution is 2.23. The third-order valence-corrected chi connectivity index (χ3v) is 3.98. The fourth-order valence-corrected chi connectivity index (χ4v) is 2.11. The molecule has 0 saturated heterocycles. The molecule has 21 heavy (non-hydrogen) atoms. The number of H-pyrrole nitrogens is 1. The summed E-state index contributed by atoms with van der Waals surface area (Å²) in [4.78, 5) is 18.0. The third-order valence-electron chi connectivity index (χ3n) is 3.09. The van der Waals surface area contributed by atoms with Gasteiger partial charge in [0.15, 0.2) is 0 Å². The number of hydrogen-bond donors (Lipinski definition) is 2. The maximum Gasteiger partial charge on any atom is 0.268 e. The Morgan fingerprint density at radius 3 is 2.76 bits per heavy atom. The fourth-order valence-electron chi connectivity index (χ4n) is 1.86. The first-order valence-corrected chi connectivity index (χ1v) is 6.89. The summed E-state index contributed by atoms with van der Waals surface area (Å²) in [6.07, 6.45) is 1.43. The van der Waals surface area contributed by atoms with E-state index in [1.54, 1.807) is 6.92 Å². The Bertz CT molecular complexity index is 832. The first-order valence-electron chi connectivity index (χ1n) is 6.10. The second-order valence-corrected chi connectivity index (χ2v) is 5.37. The van der Waals surface area contributed by atoms with E-state index in [0.29, 0.717) is 16.8 Å². The van der Waals surface area contributed by atoms with Crippen molar-refractivity contribution >= 4 is 27.8 Å². The van der Waals surface area contributed by atoms with Crippen molar-refractivity contribution in [2.75, 3.05) is 0 Å². The molecule has 6 heteroatoms. The van der Waals surface area contributed by atoms with E-state index < -0.39 is 5.56 Å². The Hall–Kier alpha value is -2.39. The molecule has 0 aliphatic rings. The number of aryl methyl sites for hydroxylation is 1. The molecule has 0 aliphatic carbocycles. The van der Waals surface area contributed by atoms with Crippen LogP contribution in [0.25, 0.3) is 0 Å². The van der Waals surface area contributed by atoms with Gasteiger partial charge in [-0.05, 0) is 43.2 Å². The van der Waals surface area contributed by atoms with Gasteiger partial charge in [-0.1, -0.05) is 15.9 Å². The maximum atomic E-state index is 11.5. The molecule has 1 aromatic heterocycles. The van der Waals surface area contributed by atoms with Crippen LogP contribution in [-0.2, 0) is 0 Å². The number of rotatable bonds is 2. The molecule has 0 radical (unpaired) electrons. The Morgan fingerprint density at radius 1 is 1.43 bits per heavy atom. The van der Waals surface area contributed by atoms with Gasteiger partial charge >= 0.3 is 0 Å². The fraction of sp³-hybridized carbons (Fsp3) is 0.133. The average molecular weight is 346 g/mol. The Labute approximate surface area is 129 Å². The summed E-state index contributed by atoms with van der Waals surface area (Å²) in [6, 6.07) is 7.40. The van der Waals surface area contributed by atoms with E-state index in [1.165, 1.54) is 6.21 Å². The maximum absolute atomic E-state index is 11.5. The van der Waals surface area contributed by atoms with Crippen molar-refractivity contribution in [3.05, 3.63) is 55.3 Å². The predicted molar refractivity (Wildman–Crippen MR) is 84.3 cm³/mol. The van der Waals surface area contributed by atoms with Gasteiger partial charge in [-0.2, -0.15) is 5.26 Å². The number of nitrogens with zero attached hydrogens (tertiary/aromatic N) is 2. The highest BCUT2D eigenvalue weighted by atomic mass is 79.9. The molecule has 0 saturated carbocycles. The predicted octanol–water partition coefficient (Wildman–Crippen LogP) is 3.08. The molecule has 0 bridgehead atoms. The van der Waals surface area contributed by atoms with Crippen LogP contribution in [0.5, 0.6) is 5.88 Å². The van der Waals surface area contributed by atoms with Gasteiger partial charge in [0, 0.05) is 10.7 Å². The lowest BCUT2D eigenvalue weighted by molar-refractivity contribution is 0.450. The lowest BCUT2D eigenvalue weighted by atomic mass is 10.1. The van der Waals surface area contributed by atoms with E-state index in [1.807, 2.05) is 31.2 Å². The van der Waals surface area contributed by atoms with Gasteiger partial charge in [-0.15, -0.1) is 0 Å². The van der Waals surface area contributed by atoms with Crippen molar-refractivity contribution in [1.82, 2.24) is 4.98 Å². The van der Waals surface area contributed by atoms with Gasteiger partial charge < -0.3 is 5.11 Å². The Balaban J connectivity index is 2.49. The summed E-state index contributed by atoms with van der Waals surface area (Å²) in [5, 5.41) is 18.8. The number of aromatic hydroxyl groups is 1. The number of nitrogens with one attached hydrogen (secondary N) is 1. The summed E-state index contributed by atoms with van der Waals surface area (Å²) in [5.41, 5.74) is 1.83. The van der Waals surface area contributed by atoms with Crippen LogP contribution in [0.3, 0.4) is 0 Å². The molecule has 2 aromatic rings. The Kier molecular flexibility index (Phi) is 4.24. The lowest BCUT2D eigenvalue weighted by Gasteiger charge is -2.05. The second-order valence-electron chi connectivity index (χ2n) is 4.52. The zero-order valence-electron chi connectivity index (χ0n) is 11.4. The molecule has 2 rings (SSSR count). The van der Waals surface area contributed by atoms with E-state index in [-0.39, 0.29) is 11.4 Å². The number of aromatic nitrogens is 1. The summed E-state index contributed by atoms with van der Waals surface area (Å²) in [7, 11) is 0. The minimum atomic E-state index is -0.607.